The molecule has 0 radical (unpaired) electrons. The van der Waals surface area contributed by atoms with Crippen LogP contribution in [0.3, 0.4) is 0 Å². The van der Waals surface area contributed by atoms with E-state index in [-0.39, 0.29) is 16.8 Å². The predicted octanol–water partition coefficient (Wildman–Crippen LogP) is 1.40. The quantitative estimate of drug-likeness (QED) is 0.537. The molecule has 0 aliphatic carbocycles. The van der Waals surface area contributed by atoms with E-state index in [9.17, 15) is 0 Å². The summed E-state index contributed by atoms with van der Waals surface area (Å²) in [6, 6.07) is 0. The lowest BCUT2D eigenvalue weighted by Crippen LogP contribution is -2.41. The first-order valence-corrected chi connectivity index (χ1v) is 4.94. The smallest absolute Gasteiger partial charge is 0.398 e. The largest absolute Gasteiger partial charge is 0.513 e. The maximum atomic E-state index is 7.52. The van der Waals surface area contributed by atoms with Crippen LogP contribution < -0.4 is 5.73 Å². The van der Waals surface area contributed by atoms with Crippen LogP contribution >= 0.6 is 0 Å². The van der Waals surface area contributed by atoms with Gasteiger partial charge in [0.15, 0.2) is 0 Å². The van der Waals surface area contributed by atoms with Gasteiger partial charge in [-0.2, -0.15) is 0 Å². The van der Waals surface area contributed by atoms with Gasteiger partial charge in [0.1, 0.15) is 0 Å². The molecule has 86 valence electrons. The van der Waals surface area contributed by atoms with E-state index in [1.54, 1.807) is 0 Å². The number of hydrogen-bond donors (Lipinski definition) is 2. The Bertz CT molecular complexity index is 236. The maximum Gasteiger partial charge on any atom is 0.513 e. The molecule has 0 unspecified atom stereocenters. The molecule has 0 amide bonds. The highest BCUT2D eigenvalue weighted by molar-refractivity contribution is 6.84. The molecule has 0 aromatic rings. The molecular weight excluding hydrogens is 191 g/mol. The Labute approximate surface area is 92.5 Å². The molecule has 0 aromatic heterocycles. The second-order valence-electron chi connectivity index (χ2n) is 4.25. The Hall–Kier alpha value is -0.645. The van der Waals surface area contributed by atoms with E-state index in [1.165, 1.54) is 13.1 Å². The summed E-state index contributed by atoms with van der Waals surface area (Å²) >= 11 is 0. The van der Waals surface area contributed by atoms with Crippen molar-refractivity contribution in [1.29, 1.82) is 5.41 Å². The van der Waals surface area contributed by atoms with Crippen molar-refractivity contribution in [3.63, 3.8) is 0 Å². The highest BCUT2D eigenvalue weighted by Crippen LogP contribution is 2.36. The summed E-state index contributed by atoms with van der Waals surface area (Å²) < 4.78 is 11.2. The van der Waals surface area contributed by atoms with Crippen molar-refractivity contribution in [2.75, 3.05) is 7.05 Å². The Morgan fingerprint density at radius 2 is 1.53 bits per heavy atom. The van der Waals surface area contributed by atoms with Crippen LogP contribution in [0, 0.1) is 5.41 Å². The van der Waals surface area contributed by atoms with Crippen LogP contribution in [0.25, 0.3) is 0 Å². The van der Waals surface area contributed by atoms with E-state index in [1.807, 2.05) is 27.7 Å². The van der Waals surface area contributed by atoms with E-state index >= 15 is 0 Å². The lowest BCUT2D eigenvalue weighted by Gasteiger charge is -2.32. The Morgan fingerprint density at radius 1 is 1.20 bits per heavy atom. The van der Waals surface area contributed by atoms with Gasteiger partial charge in [-0.05, 0) is 34.7 Å². The van der Waals surface area contributed by atoms with Crippen LogP contribution in [-0.2, 0) is 9.31 Å². The molecule has 3 N–H and O–H groups in total. The van der Waals surface area contributed by atoms with Gasteiger partial charge in [0.25, 0.3) is 0 Å². The fraction of sp³-hybridized carbons (Fsp3) is 0.700. The zero-order valence-corrected chi connectivity index (χ0v) is 10.3. The lowest BCUT2D eigenvalue weighted by molar-refractivity contribution is 0.00578. The molecule has 1 fully saturated rings. The van der Waals surface area contributed by atoms with Crippen molar-refractivity contribution in [3.8, 4) is 0 Å². The molecule has 1 aliphatic heterocycles. The predicted molar refractivity (Wildman–Crippen MR) is 64.1 cm³/mol. The minimum absolute atomic E-state index is 0.277. The van der Waals surface area contributed by atoms with Crippen molar-refractivity contribution < 1.29 is 9.31 Å². The lowest BCUT2D eigenvalue weighted by atomic mass is 9.82. The molecule has 1 aliphatic rings. The number of hydrogen-bond acceptors (Lipinski definition) is 4. The minimum atomic E-state index is -0.567. The average Bonchev–Trinajstić information content (AvgIpc) is 2.38. The molecule has 0 aromatic carbocycles. The first kappa shape index (κ1) is 14.4. The van der Waals surface area contributed by atoms with E-state index in [4.69, 9.17) is 14.7 Å². The summed E-state index contributed by atoms with van der Waals surface area (Å²) in [7, 11) is 0.933. The summed E-state index contributed by atoms with van der Waals surface area (Å²) in [5, 5.41) is 7.52. The van der Waals surface area contributed by atoms with E-state index in [0.717, 1.165) is 0 Å². The van der Waals surface area contributed by atoms with Gasteiger partial charge >= 0.3 is 7.12 Å². The molecule has 0 bridgehead atoms. The third-order valence-corrected chi connectivity index (χ3v) is 2.73. The highest BCUT2D eigenvalue weighted by Gasteiger charge is 2.52. The van der Waals surface area contributed by atoms with Gasteiger partial charge < -0.3 is 20.5 Å². The monoisotopic (exact) mass is 212 g/mol. The summed E-state index contributed by atoms with van der Waals surface area (Å²) in [6.07, 6.45) is 1.45. The summed E-state index contributed by atoms with van der Waals surface area (Å²) in [5.74, 6) is 0. The Kier molecular flexibility index (Phi) is 4.71. The van der Waals surface area contributed by atoms with Gasteiger partial charge in [-0.25, -0.2) is 0 Å². The van der Waals surface area contributed by atoms with Crippen LogP contribution in [0.2, 0.25) is 0 Å². The van der Waals surface area contributed by atoms with Gasteiger partial charge in [-0.3, -0.25) is 0 Å². The van der Waals surface area contributed by atoms with E-state index < -0.39 is 7.12 Å². The molecule has 5 heteroatoms. The zero-order chi connectivity index (χ0) is 12.3. The summed E-state index contributed by atoms with van der Waals surface area (Å²) in [4.78, 5) is 0. The van der Waals surface area contributed by atoms with Crippen molar-refractivity contribution in [2.45, 2.75) is 38.9 Å². The van der Waals surface area contributed by atoms with Gasteiger partial charge in [-0.1, -0.05) is 12.7 Å². The first-order chi connectivity index (χ1) is 6.80. The molecule has 1 saturated heterocycles. The van der Waals surface area contributed by atoms with E-state index in [2.05, 4.69) is 12.3 Å². The number of nitrogens with one attached hydrogen (secondary N) is 1. The Balaban J connectivity index is 0.000000921. The van der Waals surface area contributed by atoms with E-state index in [0.29, 0.717) is 0 Å². The summed E-state index contributed by atoms with van der Waals surface area (Å²) in [6.45, 7) is 11.4. The second kappa shape index (κ2) is 4.92. The topological polar surface area (TPSA) is 68.3 Å². The molecule has 0 spiro atoms. The maximum absolute atomic E-state index is 7.52. The molecule has 0 atom stereocenters. The zero-order valence-electron chi connectivity index (χ0n) is 10.3. The van der Waals surface area contributed by atoms with Crippen LogP contribution in [0.5, 0.6) is 0 Å². The van der Waals surface area contributed by atoms with Crippen molar-refractivity contribution in [1.82, 2.24) is 0 Å². The standard InChI is InChI=1S/C9H16BNO2.CH5N/c1-6-7(11)10-12-8(2,3)9(4,5)13-10;1-2/h6,11H,1H2,2-5H3;2H2,1H3. The first-order valence-electron chi connectivity index (χ1n) is 4.94. The SMILES string of the molecule is C=CC(=N)B1OC(C)(C)C(C)(C)O1.CN. The van der Waals surface area contributed by atoms with Crippen LogP contribution in [-0.4, -0.2) is 31.0 Å². The van der Waals surface area contributed by atoms with Gasteiger partial charge in [-0.15, -0.1) is 0 Å². The fourth-order valence-electron chi connectivity index (χ4n) is 1.07. The van der Waals surface area contributed by atoms with Crippen molar-refractivity contribution >= 4 is 12.7 Å². The highest BCUT2D eigenvalue weighted by atomic mass is 16.7. The third-order valence-electron chi connectivity index (χ3n) is 2.73. The molecule has 15 heavy (non-hydrogen) atoms. The van der Waals surface area contributed by atoms with Crippen LogP contribution in [0.1, 0.15) is 27.7 Å². The minimum Gasteiger partial charge on any atom is -0.398 e. The fourth-order valence-corrected chi connectivity index (χ4v) is 1.07. The van der Waals surface area contributed by atoms with Gasteiger partial charge in [0, 0.05) is 0 Å². The number of allylic oxidation sites excluding steroid dienone is 1. The van der Waals surface area contributed by atoms with Crippen molar-refractivity contribution in [2.24, 2.45) is 5.73 Å². The third kappa shape index (κ3) is 2.90. The second-order valence-corrected chi connectivity index (χ2v) is 4.25. The molecular formula is C10H21BN2O2. The number of nitrogens with two attached hydrogens (primary N) is 1. The van der Waals surface area contributed by atoms with Crippen LogP contribution in [0.4, 0.5) is 0 Å². The Morgan fingerprint density at radius 3 is 1.80 bits per heavy atom. The molecule has 1 heterocycles. The molecule has 4 nitrogen and oxygen atoms in total. The van der Waals surface area contributed by atoms with Gasteiger partial charge in [0.2, 0.25) is 0 Å². The van der Waals surface area contributed by atoms with Gasteiger partial charge in [0.05, 0.1) is 16.8 Å². The normalized spacial score (nSPS) is 21.6. The van der Waals surface area contributed by atoms with Crippen molar-refractivity contribution in [3.05, 3.63) is 12.7 Å². The number of rotatable bonds is 2. The summed E-state index contributed by atoms with van der Waals surface area (Å²) in [5.41, 5.74) is 4.04. The molecule has 0 saturated carbocycles. The average molecular weight is 212 g/mol. The van der Waals surface area contributed by atoms with Crippen LogP contribution in [0.15, 0.2) is 12.7 Å². The molecule has 1 rings (SSSR count).